The van der Waals surface area contributed by atoms with Crippen LogP contribution in [0.15, 0.2) is 186 Å². The molecule has 0 aliphatic carbocycles. The molecule has 2 heterocycles. The van der Waals surface area contributed by atoms with E-state index in [-0.39, 0.29) is 0 Å². The highest BCUT2D eigenvalue weighted by Gasteiger charge is 2.15. The number of hydrogen-bond donors (Lipinski definition) is 0. The summed E-state index contributed by atoms with van der Waals surface area (Å²) >= 11 is 0. The van der Waals surface area contributed by atoms with E-state index in [1.807, 2.05) is 48.5 Å². The zero-order valence-corrected chi connectivity index (χ0v) is 26.6. The topological polar surface area (TPSA) is 38.9 Å². The number of furan rings is 1. The van der Waals surface area contributed by atoms with Gasteiger partial charge in [0.05, 0.1) is 11.4 Å². The van der Waals surface area contributed by atoms with Gasteiger partial charge >= 0.3 is 0 Å². The van der Waals surface area contributed by atoms with E-state index >= 15 is 0 Å². The predicted molar refractivity (Wildman–Crippen MR) is 202 cm³/mol. The summed E-state index contributed by atoms with van der Waals surface area (Å²) in [6.07, 6.45) is 0. The smallest absolute Gasteiger partial charge is 0.160 e. The molecule has 0 unspecified atom stereocenters. The van der Waals surface area contributed by atoms with Crippen LogP contribution in [0.5, 0.6) is 0 Å². The second kappa shape index (κ2) is 12.2. The van der Waals surface area contributed by atoms with Gasteiger partial charge in [0.25, 0.3) is 0 Å². The Morgan fingerprint density at radius 1 is 0.286 bits per heavy atom. The highest BCUT2D eigenvalue weighted by Crippen LogP contribution is 2.38. The summed E-state index contributed by atoms with van der Waals surface area (Å²) in [5.41, 5.74) is 13.4. The molecule has 0 bridgehead atoms. The van der Waals surface area contributed by atoms with Crippen molar-refractivity contribution in [1.29, 1.82) is 0 Å². The molecule has 2 aromatic heterocycles. The van der Waals surface area contributed by atoms with Crippen molar-refractivity contribution in [3.8, 4) is 67.3 Å². The Labute approximate surface area is 284 Å². The fraction of sp³-hybridized carbons (Fsp3) is 0. The second-order valence-corrected chi connectivity index (χ2v) is 12.2. The average molecular weight is 627 g/mol. The molecular formula is C46H30N2O. The molecule has 0 aliphatic rings. The first kappa shape index (κ1) is 28.6. The van der Waals surface area contributed by atoms with Gasteiger partial charge < -0.3 is 4.42 Å². The maximum absolute atomic E-state index is 6.18. The van der Waals surface area contributed by atoms with E-state index in [2.05, 4.69) is 133 Å². The van der Waals surface area contributed by atoms with Crippen molar-refractivity contribution in [3.05, 3.63) is 182 Å². The zero-order valence-electron chi connectivity index (χ0n) is 26.6. The quantitative estimate of drug-likeness (QED) is 0.184. The Kier molecular flexibility index (Phi) is 7.14. The van der Waals surface area contributed by atoms with Crippen molar-refractivity contribution >= 4 is 21.9 Å². The summed E-state index contributed by atoms with van der Waals surface area (Å²) in [4.78, 5) is 10.2. The van der Waals surface area contributed by atoms with Crippen LogP contribution in [0.2, 0.25) is 0 Å². The second-order valence-electron chi connectivity index (χ2n) is 12.2. The van der Waals surface area contributed by atoms with Crippen LogP contribution in [0, 0.1) is 0 Å². The number of rotatable bonds is 6. The molecule has 7 aromatic carbocycles. The van der Waals surface area contributed by atoms with E-state index < -0.39 is 0 Å². The summed E-state index contributed by atoms with van der Waals surface area (Å²) in [6.45, 7) is 0. The number of para-hydroxylation sites is 1. The van der Waals surface area contributed by atoms with Crippen LogP contribution in [0.1, 0.15) is 0 Å². The van der Waals surface area contributed by atoms with Crippen molar-refractivity contribution < 1.29 is 4.42 Å². The Bertz CT molecular complexity index is 2530. The molecule has 0 spiro atoms. The lowest BCUT2D eigenvalue weighted by atomic mass is 9.92. The molecule has 0 radical (unpaired) electrons. The van der Waals surface area contributed by atoms with Crippen LogP contribution in [0.3, 0.4) is 0 Å². The van der Waals surface area contributed by atoms with Gasteiger partial charge in [0.2, 0.25) is 0 Å². The molecule has 0 fully saturated rings. The van der Waals surface area contributed by atoms with E-state index in [4.69, 9.17) is 14.4 Å². The Hall–Kier alpha value is -6.58. The number of aromatic nitrogens is 2. The molecule has 0 atom stereocenters. The molecule has 3 heteroatoms. The van der Waals surface area contributed by atoms with Gasteiger partial charge in [-0.05, 0) is 81.9 Å². The minimum Gasteiger partial charge on any atom is -0.456 e. The lowest BCUT2D eigenvalue weighted by Crippen LogP contribution is -1.96. The van der Waals surface area contributed by atoms with Gasteiger partial charge in [-0.2, -0.15) is 0 Å². The van der Waals surface area contributed by atoms with Crippen LogP contribution in [-0.4, -0.2) is 9.97 Å². The largest absolute Gasteiger partial charge is 0.456 e. The van der Waals surface area contributed by atoms with Gasteiger partial charge in [0.15, 0.2) is 5.82 Å². The van der Waals surface area contributed by atoms with Crippen LogP contribution < -0.4 is 0 Å². The van der Waals surface area contributed by atoms with Crippen molar-refractivity contribution in [2.75, 3.05) is 0 Å². The Morgan fingerprint density at radius 3 is 1.49 bits per heavy atom. The van der Waals surface area contributed by atoms with Gasteiger partial charge in [-0.25, -0.2) is 9.97 Å². The molecular weight excluding hydrogens is 597 g/mol. The standard InChI is InChI=1S/C46H30N2O/c1-4-13-31(14-5-1)34-19-12-20-35(25-34)37-26-38(36-23-24-45-41(29-36)40-21-10-11-22-44(40)49-45)28-39(27-37)43-30-42(32-15-6-2-7-16-32)47-46(48-43)33-17-8-3-9-18-33/h1-30H. The van der Waals surface area contributed by atoms with Crippen LogP contribution in [-0.2, 0) is 0 Å². The van der Waals surface area contributed by atoms with Crippen LogP contribution in [0.25, 0.3) is 89.2 Å². The number of benzene rings is 7. The highest BCUT2D eigenvalue weighted by atomic mass is 16.3. The molecule has 0 saturated carbocycles. The monoisotopic (exact) mass is 626 g/mol. The van der Waals surface area contributed by atoms with Crippen molar-refractivity contribution in [3.63, 3.8) is 0 Å². The summed E-state index contributed by atoms with van der Waals surface area (Å²) in [6, 6.07) is 63.4. The SMILES string of the molecule is c1ccc(-c2cccc(-c3cc(-c4ccc5oc6ccccc6c5c4)cc(-c4cc(-c5ccccc5)nc(-c5ccccc5)n4)c3)c2)cc1. The molecule has 0 saturated heterocycles. The third-order valence-electron chi connectivity index (χ3n) is 9.07. The number of hydrogen-bond acceptors (Lipinski definition) is 3. The molecule has 9 aromatic rings. The maximum Gasteiger partial charge on any atom is 0.160 e. The summed E-state index contributed by atoms with van der Waals surface area (Å²) < 4.78 is 6.18. The summed E-state index contributed by atoms with van der Waals surface area (Å²) in [7, 11) is 0. The molecule has 49 heavy (non-hydrogen) atoms. The van der Waals surface area contributed by atoms with E-state index in [0.29, 0.717) is 5.82 Å². The van der Waals surface area contributed by atoms with Crippen molar-refractivity contribution in [2.24, 2.45) is 0 Å². The Morgan fingerprint density at radius 2 is 0.776 bits per heavy atom. The molecule has 0 N–H and O–H groups in total. The first-order valence-electron chi connectivity index (χ1n) is 16.5. The van der Waals surface area contributed by atoms with Crippen LogP contribution >= 0.6 is 0 Å². The fourth-order valence-corrected chi connectivity index (χ4v) is 6.59. The lowest BCUT2D eigenvalue weighted by Gasteiger charge is -2.14. The van der Waals surface area contributed by atoms with Gasteiger partial charge in [-0.1, -0.05) is 133 Å². The van der Waals surface area contributed by atoms with Gasteiger partial charge in [0.1, 0.15) is 11.2 Å². The molecule has 0 aliphatic heterocycles. The lowest BCUT2D eigenvalue weighted by molar-refractivity contribution is 0.669. The number of fused-ring (bicyclic) bond motifs is 3. The third kappa shape index (κ3) is 5.58. The summed E-state index contributed by atoms with van der Waals surface area (Å²) in [5, 5.41) is 2.22. The van der Waals surface area contributed by atoms with E-state index in [1.165, 1.54) is 11.1 Å². The van der Waals surface area contributed by atoms with E-state index in [9.17, 15) is 0 Å². The van der Waals surface area contributed by atoms with Gasteiger partial charge in [0, 0.05) is 27.5 Å². The summed E-state index contributed by atoms with van der Waals surface area (Å²) in [5.74, 6) is 0.696. The fourth-order valence-electron chi connectivity index (χ4n) is 6.59. The minimum absolute atomic E-state index is 0.696. The molecule has 0 amide bonds. The predicted octanol–water partition coefficient (Wildman–Crippen LogP) is 12.4. The minimum atomic E-state index is 0.696. The van der Waals surface area contributed by atoms with Gasteiger partial charge in [-0.15, -0.1) is 0 Å². The van der Waals surface area contributed by atoms with Gasteiger partial charge in [-0.3, -0.25) is 0 Å². The third-order valence-corrected chi connectivity index (χ3v) is 9.07. The highest BCUT2D eigenvalue weighted by molar-refractivity contribution is 6.06. The molecule has 3 nitrogen and oxygen atoms in total. The zero-order chi connectivity index (χ0) is 32.6. The van der Waals surface area contributed by atoms with E-state index in [1.54, 1.807) is 0 Å². The molecule has 9 rings (SSSR count). The van der Waals surface area contributed by atoms with E-state index in [0.717, 1.165) is 72.3 Å². The Balaban J connectivity index is 1.27. The molecule has 230 valence electrons. The maximum atomic E-state index is 6.18. The van der Waals surface area contributed by atoms with Crippen LogP contribution in [0.4, 0.5) is 0 Å². The van der Waals surface area contributed by atoms with Crippen molar-refractivity contribution in [2.45, 2.75) is 0 Å². The van der Waals surface area contributed by atoms with Crippen molar-refractivity contribution in [1.82, 2.24) is 9.97 Å². The normalized spacial score (nSPS) is 11.3. The average Bonchev–Trinajstić information content (AvgIpc) is 3.57. The first-order valence-corrected chi connectivity index (χ1v) is 16.5. The first-order chi connectivity index (χ1) is 24.2. The number of nitrogens with zero attached hydrogens (tertiary/aromatic N) is 2.